The summed E-state index contributed by atoms with van der Waals surface area (Å²) in [6.45, 7) is 7.66. The first-order chi connectivity index (χ1) is 11.4. The van der Waals surface area contributed by atoms with Gasteiger partial charge in [0.25, 0.3) is 0 Å². The number of allylic oxidation sites excluding steroid dienone is 1. The highest BCUT2D eigenvalue weighted by Gasteiger charge is 2.13. The Morgan fingerprint density at radius 1 is 1.33 bits per heavy atom. The molecular formula is C19H20N2O3. The lowest BCUT2D eigenvalue weighted by molar-refractivity contribution is -0.117. The number of nitriles is 1. The number of rotatable bonds is 6. The number of hydrogen-bond donors (Lipinski definition) is 0. The summed E-state index contributed by atoms with van der Waals surface area (Å²) in [6.07, 6.45) is 1.60. The normalized spacial score (nSPS) is 11.4. The Morgan fingerprint density at radius 2 is 2.00 bits per heavy atom. The van der Waals surface area contributed by atoms with Gasteiger partial charge in [-0.25, -0.2) is 0 Å². The molecule has 0 aliphatic rings. The van der Waals surface area contributed by atoms with Gasteiger partial charge in [-0.3, -0.25) is 4.79 Å². The number of Topliss-reactive ketones (excluding diaryl/α,β-unsaturated/α-hetero) is 1. The SMILES string of the molecule is Cc1noc(C)c1COc1ccc(/C=C(/C#N)C(=O)C(C)C)cc1. The predicted molar refractivity (Wildman–Crippen MR) is 90.2 cm³/mol. The Bertz CT molecular complexity index is 774. The molecule has 0 aliphatic carbocycles. The van der Waals surface area contributed by atoms with E-state index in [0.29, 0.717) is 12.4 Å². The Balaban J connectivity index is 2.08. The van der Waals surface area contributed by atoms with Crippen LogP contribution in [-0.4, -0.2) is 10.9 Å². The minimum atomic E-state index is -0.200. The minimum Gasteiger partial charge on any atom is -0.489 e. The number of ketones is 1. The number of hydrogen-bond acceptors (Lipinski definition) is 5. The second-order valence-corrected chi connectivity index (χ2v) is 5.85. The van der Waals surface area contributed by atoms with E-state index in [1.807, 2.05) is 32.0 Å². The molecule has 0 N–H and O–H groups in total. The maximum absolute atomic E-state index is 11.9. The molecule has 2 rings (SSSR count). The summed E-state index contributed by atoms with van der Waals surface area (Å²) in [7, 11) is 0. The van der Waals surface area contributed by atoms with Crippen LogP contribution < -0.4 is 4.74 Å². The predicted octanol–water partition coefficient (Wildman–Crippen LogP) is 4.00. The third-order valence-electron chi connectivity index (χ3n) is 3.67. The summed E-state index contributed by atoms with van der Waals surface area (Å²) in [6, 6.07) is 9.20. The van der Waals surface area contributed by atoms with Gasteiger partial charge in [0.2, 0.25) is 0 Å². The Morgan fingerprint density at radius 3 is 2.50 bits per heavy atom. The zero-order chi connectivity index (χ0) is 17.7. The molecule has 0 atom stereocenters. The first kappa shape index (κ1) is 17.5. The van der Waals surface area contributed by atoms with Crippen LogP contribution in [0.3, 0.4) is 0 Å². The van der Waals surface area contributed by atoms with Crippen LogP contribution >= 0.6 is 0 Å². The molecular weight excluding hydrogens is 304 g/mol. The molecule has 0 unspecified atom stereocenters. The Labute approximate surface area is 141 Å². The van der Waals surface area contributed by atoms with Gasteiger partial charge in [0.15, 0.2) is 5.78 Å². The lowest BCUT2D eigenvalue weighted by Gasteiger charge is -2.06. The first-order valence-corrected chi connectivity index (χ1v) is 7.73. The molecule has 0 bridgehead atoms. The highest BCUT2D eigenvalue weighted by atomic mass is 16.5. The zero-order valence-corrected chi connectivity index (χ0v) is 14.3. The fourth-order valence-corrected chi connectivity index (χ4v) is 2.16. The first-order valence-electron chi connectivity index (χ1n) is 7.73. The van der Waals surface area contributed by atoms with E-state index in [1.54, 1.807) is 32.1 Å². The maximum Gasteiger partial charge on any atom is 0.175 e. The van der Waals surface area contributed by atoms with Gasteiger partial charge in [0.05, 0.1) is 16.8 Å². The van der Waals surface area contributed by atoms with Gasteiger partial charge in [-0.15, -0.1) is 0 Å². The fourth-order valence-electron chi connectivity index (χ4n) is 2.16. The van der Waals surface area contributed by atoms with Crippen LogP contribution in [0.4, 0.5) is 0 Å². The molecule has 0 spiro atoms. The molecule has 0 amide bonds. The summed E-state index contributed by atoms with van der Waals surface area (Å²) >= 11 is 0. The molecule has 5 heteroatoms. The fraction of sp³-hybridized carbons (Fsp3) is 0.316. The van der Waals surface area contributed by atoms with Crippen molar-refractivity contribution < 1.29 is 14.1 Å². The molecule has 124 valence electrons. The van der Waals surface area contributed by atoms with Crippen molar-refractivity contribution in [2.24, 2.45) is 5.92 Å². The van der Waals surface area contributed by atoms with E-state index in [-0.39, 0.29) is 17.3 Å². The number of benzene rings is 1. The van der Waals surface area contributed by atoms with E-state index in [1.165, 1.54) is 0 Å². The second kappa shape index (κ2) is 7.60. The van der Waals surface area contributed by atoms with Crippen molar-refractivity contribution in [3.8, 4) is 11.8 Å². The summed E-state index contributed by atoms with van der Waals surface area (Å²) in [5, 5.41) is 13.0. The smallest absolute Gasteiger partial charge is 0.175 e. The van der Waals surface area contributed by atoms with E-state index < -0.39 is 0 Å². The number of nitrogens with zero attached hydrogens (tertiary/aromatic N) is 2. The number of ether oxygens (including phenoxy) is 1. The topological polar surface area (TPSA) is 76.1 Å². The van der Waals surface area contributed by atoms with E-state index in [0.717, 1.165) is 22.6 Å². The summed E-state index contributed by atoms with van der Waals surface area (Å²) in [4.78, 5) is 11.9. The van der Waals surface area contributed by atoms with Gasteiger partial charge >= 0.3 is 0 Å². The highest BCUT2D eigenvalue weighted by Crippen LogP contribution is 2.19. The van der Waals surface area contributed by atoms with Gasteiger partial charge in [0, 0.05) is 5.92 Å². The number of carbonyl (C=O) groups excluding carboxylic acids is 1. The number of aromatic nitrogens is 1. The van der Waals surface area contributed by atoms with Crippen LogP contribution in [0.5, 0.6) is 5.75 Å². The summed E-state index contributed by atoms with van der Waals surface area (Å²) < 4.78 is 10.8. The van der Waals surface area contributed by atoms with Gasteiger partial charge in [-0.1, -0.05) is 31.1 Å². The molecule has 1 aromatic carbocycles. The van der Waals surface area contributed by atoms with Crippen LogP contribution in [0.2, 0.25) is 0 Å². The van der Waals surface area contributed by atoms with Crippen LogP contribution in [0, 0.1) is 31.1 Å². The lowest BCUT2D eigenvalue weighted by Crippen LogP contribution is -2.08. The summed E-state index contributed by atoms with van der Waals surface area (Å²) in [5.74, 6) is 1.09. The third-order valence-corrected chi connectivity index (χ3v) is 3.67. The molecule has 24 heavy (non-hydrogen) atoms. The molecule has 1 heterocycles. The van der Waals surface area contributed by atoms with Crippen molar-refractivity contribution in [2.75, 3.05) is 0 Å². The van der Waals surface area contributed by atoms with Gasteiger partial charge < -0.3 is 9.26 Å². The van der Waals surface area contributed by atoms with E-state index >= 15 is 0 Å². The quantitative estimate of drug-likeness (QED) is 0.593. The van der Waals surface area contributed by atoms with Gasteiger partial charge in [-0.05, 0) is 37.6 Å². The molecule has 0 saturated carbocycles. The Hall–Kier alpha value is -2.87. The molecule has 1 aromatic heterocycles. The van der Waals surface area contributed by atoms with Crippen molar-refractivity contribution in [3.63, 3.8) is 0 Å². The molecule has 2 aromatic rings. The van der Waals surface area contributed by atoms with Crippen LogP contribution in [0.15, 0.2) is 34.4 Å². The number of aryl methyl sites for hydroxylation is 2. The van der Waals surface area contributed by atoms with Crippen LogP contribution in [0.1, 0.15) is 36.4 Å². The van der Waals surface area contributed by atoms with Crippen molar-refractivity contribution in [1.29, 1.82) is 5.26 Å². The monoisotopic (exact) mass is 324 g/mol. The molecule has 0 saturated heterocycles. The van der Waals surface area contributed by atoms with Crippen molar-refractivity contribution >= 4 is 11.9 Å². The molecule has 5 nitrogen and oxygen atoms in total. The third kappa shape index (κ3) is 4.11. The van der Waals surface area contributed by atoms with E-state index in [2.05, 4.69) is 5.16 Å². The molecule has 0 radical (unpaired) electrons. The second-order valence-electron chi connectivity index (χ2n) is 5.85. The van der Waals surface area contributed by atoms with Crippen molar-refractivity contribution in [2.45, 2.75) is 34.3 Å². The average molecular weight is 324 g/mol. The van der Waals surface area contributed by atoms with E-state index in [9.17, 15) is 4.79 Å². The molecule has 0 aliphatic heterocycles. The van der Waals surface area contributed by atoms with E-state index in [4.69, 9.17) is 14.5 Å². The standard InChI is InChI=1S/C19H20N2O3/c1-12(2)19(22)16(10-20)9-15-5-7-17(8-6-15)23-11-18-13(3)21-24-14(18)4/h5-9,12H,11H2,1-4H3/b16-9-. The van der Waals surface area contributed by atoms with Crippen LogP contribution in [-0.2, 0) is 11.4 Å². The number of carbonyl (C=O) groups is 1. The zero-order valence-electron chi connectivity index (χ0n) is 14.3. The summed E-state index contributed by atoms with van der Waals surface area (Å²) in [5.41, 5.74) is 2.70. The largest absolute Gasteiger partial charge is 0.489 e. The average Bonchev–Trinajstić information content (AvgIpc) is 2.89. The van der Waals surface area contributed by atoms with Crippen molar-refractivity contribution in [1.82, 2.24) is 5.16 Å². The van der Waals surface area contributed by atoms with Crippen molar-refractivity contribution in [3.05, 3.63) is 52.4 Å². The maximum atomic E-state index is 11.9. The molecule has 0 fully saturated rings. The van der Waals surface area contributed by atoms with Gasteiger partial charge in [0.1, 0.15) is 24.2 Å². The minimum absolute atomic E-state index is 0.156. The Kier molecular flexibility index (Phi) is 5.54. The van der Waals surface area contributed by atoms with Crippen LogP contribution in [0.25, 0.3) is 6.08 Å². The highest BCUT2D eigenvalue weighted by molar-refractivity contribution is 6.04. The lowest BCUT2D eigenvalue weighted by atomic mass is 10.00. The van der Waals surface area contributed by atoms with Gasteiger partial charge in [-0.2, -0.15) is 5.26 Å².